The summed E-state index contributed by atoms with van der Waals surface area (Å²) >= 11 is 0. The predicted octanol–water partition coefficient (Wildman–Crippen LogP) is 1.96. The molecule has 2 aromatic carbocycles. The van der Waals surface area contributed by atoms with Crippen molar-refractivity contribution in [3.05, 3.63) is 60.2 Å². The first-order valence-electron chi connectivity index (χ1n) is 5.81. The third-order valence-electron chi connectivity index (χ3n) is 2.61. The van der Waals surface area contributed by atoms with Crippen molar-refractivity contribution in [3.63, 3.8) is 0 Å². The van der Waals surface area contributed by atoms with Crippen LogP contribution in [0.4, 0.5) is 0 Å². The molecule has 0 saturated heterocycles. The highest BCUT2D eigenvalue weighted by molar-refractivity contribution is 7.90. The Morgan fingerprint density at radius 3 is 2.42 bits per heavy atom. The van der Waals surface area contributed by atoms with Crippen LogP contribution in [-0.2, 0) is 15.6 Å². The molecule has 0 aliphatic rings. The lowest BCUT2D eigenvalue weighted by molar-refractivity contribution is 0.329. The Morgan fingerprint density at radius 2 is 1.74 bits per heavy atom. The molecule has 0 saturated carbocycles. The van der Waals surface area contributed by atoms with E-state index in [0.717, 1.165) is 5.56 Å². The molecule has 0 spiro atoms. The lowest BCUT2D eigenvalue weighted by atomic mass is 10.2. The zero-order valence-corrected chi connectivity index (χ0v) is 11.1. The summed E-state index contributed by atoms with van der Waals surface area (Å²) in [5.74, 6) is 0.427. The minimum absolute atomic E-state index is 0.0161. The summed E-state index contributed by atoms with van der Waals surface area (Å²) < 4.78 is 29.6. The second kappa shape index (κ2) is 5.86. The molecule has 0 aromatic heterocycles. The van der Waals surface area contributed by atoms with Gasteiger partial charge in [-0.3, -0.25) is 5.73 Å². The molecule has 0 bridgehead atoms. The molecule has 2 N–H and O–H groups in total. The lowest BCUT2D eigenvalue weighted by Gasteiger charge is -2.07. The van der Waals surface area contributed by atoms with E-state index >= 15 is 0 Å². The third-order valence-corrected chi connectivity index (χ3v) is 4.30. The fourth-order valence-corrected chi connectivity index (χ4v) is 3.11. The molecule has 0 fully saturated rings. The van der Waals surface area contributed by atoms with Gasteiger partial charge >= 0.3 is 0 Å². The molecule has 0 radical (unpaired) electrons. The molecule has 100 valence electrons. The maximum atomic E-state index is 12.3. The van der Waals surface area contributed by atoms with E-state index in [9.17, 15) is 8.42 Å². The number of hydrogen-bond acceptors (Lipinski definition) is 4. The standard InChI is InChI=1S/C14H15NO3S/c15-11-18-13-7-4-8-14(9-13)19(16,17)10-12-5-2-1-3-6-12/h1-9H,10-11,15H2. The van der Waals surface area contributed by atoms with Gasteiger partial charge < -0.3 is 4.74 Å². The van der Waals surface area contributed by atoms with Crippen molar-refractivity contribution in [1.29, 1.82) is 0 Å². The van der Waals surface area contributed by atoms with Crippen molar-refractivity contribution in [2.75, 3.05) is 6.73 Å². The number of benzene rings is 2. The van der Waals surface area contributed by atoms with Crippen LogP contribution in [0.25, 0.3) is 0 Å². The Labute approximate surface area is 112 Å². The number of sulfone groups is 1. The highest BCUT2D eigenvalue weighted by Crippen LogP contribution is 2.21. The van der Waals surface area contributed by atoms with Gasteiger partial charge in [0.15, 0.2) is 9.84 Å². The molecule has 0 unspecified atom stereocenters. The van der Waals surface area contributed by atoms with Crippen molar-refractivity contribution in [2.45, 2.75) is 10.6 Å². The van der Waals surface area contributed by atoms with Gasteiger partial charge in [0.05, 0.1) is 10.6 Å². The van der Waals surface area contributed by atoms with Crippen molar-refractivity contribution in [2.24, 2.45) is 5.73 Å². The van der Waals surface area contributed by atoms with Gasteiger partial charge in [-0.2, -0.15) is 0 Å². The van der Waals surface area contributed by atoms with Crippen LogP contribution < -0.4 is 10.5 Å². The number of ether oxygens (including phenoxy) is 1. The molecule has 2 aromatic rings. The van der Waals surface area contributed by atoms with Crippen LogP contribution in [0.15, 0.2) is 59.5 Å². The monoisotopic (exact) mass is 277 g/mol. The van der Waals surface area contributed by atoms with Gasteiger partial charge in [-0.1, -0.05) is 36.4 Å². The van der Waals surface area contributed by atoms with Crippen molar-refractivity contribution >= 4 is 9.84 Å². The van der Waals surface area contributed by atoms with E-state index in [1.807, 2.05) is 18.2 Å². The summed E-state index contributed by atoms with van der Waals surface area (Å²) in [5.41, 5.74) is 6.03. The summed E-state index contributed by atoms with van der Waals surface area (Å²) in [5, 5.41) is 0. The third kappa shape index (κ3) is 3.56. The van der Waals surface area contributed by atoms with Gasteiger partial charge in [-0.15, -0.1) is 0 Å². The smallest absolute Gasteiger partial charge is 0.182 e. The Morgan fingerprint density at radius 1 is 1.00 bits per heavy atom. The Kier molecular flexibility index (Phi) is 4.19. The fraction of sp³-hybridized carbons (Fsp3) is 0.143. The maximum absolute atomic E-state index is 12.3. The molecule has 0 aliphatic carbocycles. The lowest BCUT2D eigenvalue weighted by Crippen LogP contribution is -2.09. The van der Waals surface area contributed by atoms with Crippen LogP contribution in [0.5, 0.6) is 5.75 Å². The minimum atomic E-state index is -3.37. The summed E-state index contributed by atoms with van der Waals surface area (Å²) in [4.78, 5) is 0.238. The molecule has 0 heterocycles. The molecule has 2 rings (SSSR count). The zero-order chi connectivity index (χ0) is 13.7. The van der Waals surface area contributed by atoms with E-state index in [1.165, 1.54) is 6.07 Å². The molecular weight excluding hydrogens is 262 g/mol. The first-order valence-corrected chi connectivity index (χ1v) is 7.47. The Hall–Kier alpha value is -1.85. The van der Waals surface area contributed by atoms with Gasteiger partial charge in [0.2, 0.25) is 0 Å². The summed E-state index contributed by atoms with van der Waals surface area (Å²) in [6.07, 6.45) is 0. The van der Waals surface area contributed by atoms with Crippen LogP contribution in [0.2, 0.25) is 0 Å². The van der Waals surface area contributed by atoms with Crippen molar-refractivity contribution < 1.29 is 13.2 Å². The van der Waals surface area contributed by atoms with Crippen LogP contribution in [0.3, 0.4) is 0 Å². The van der Waals surface area contributed by atoms with Gasteiger partial charge in [0, 0.05) is 0 Å². The number of rotatable bonds is 5. The maximum Gasteiger partial charge on any atom is 0.182 e. The Balaban J connectivity index is 2.27. The fourth-order valence-electron chi connectivity index (χ4n) is 1.73. The van der Waals surface area contributed by atoms with Gasteiger partial charge in [-0.25, -0.2) is 8.42 Å². The van der Waals surface area contributed by atoms with E-state index in [4.69, 9.17) is 10.5 Å². The minimum Gasteiger partial charge on any atom is -0.479 e. The summed E-state index contributed by atoms with van der Waals surface area (Å²) in [7, 11) is -3.37. The SMILES string of the molecule is NCOc1cccc(S(=O)(=O)Cc2ccccc2)c1. The molecule has 0 atom stereocenters. The quantitative estimate of drug-likeness (QED) is 0.848. The molecule has 4 nitrogen and oxygen atoms in total. The normalized spacial score (nSPS) is 11.2. The zero-order valence-electron chi connectivity index (χ0n) is 10.3. The average molecular weight is 277 g/mol. The van der Waals surface area contributed by atoms with E-state index < -0.39 is 9.84 Å². The van der Waals surface area contributed by atoms with E-state index in [2.05, 4.69) is 0 Å². The second-order valence-corrected chi connectivity index (χ2v) is 6.02. The van der Waals surface area contributed by atoms with Gasteiger partial charge in [0.25, 0.3) is 0 Å². The largest absolute Gasteiger partial charge is 0.479 e. The van der Waals surface area contributed by atoms with Crippen LogP contribution in [0.1, 0.15) is 5.56 Å². The highest BCUT2D eigenvalue weighted by atomic mass is 32.2. The van der Waals surface area contributed by atoms with Crippen LogP contribution in [-0.4, -0.2) is 15.1 Å². The van der Waals surface area contributed by atoms with E-state index in [1.54, 1.807) is 30.3 Å². The first-order chi connectivity index (χ1) is 9.12. The van der Waals surface area contributed by atoms with E-state index in [0.29, 0.717) is 5.75 Å². The van der Waals surface area contributed by atoms with Crippen LogP contribution >= 0.6 is 0 Å². The highest BCUT2D eigenvalue weighted by Gasteiger charge is 2.15. The van der Waals surface area contributed by atoms with Crippen molar-refractivity contribution in [1.82, 2.24) is 0 Å². The van der Waals surface area contributed by atoms with Gasteiger partial charge in [-0.05, 0) is 23.8 Å². The summed E-state index contributed by atoms with van der Waals surface area (Å²) in [6, 6.07) is 15.4. The number of hydrogen-bond donors (Lipinski definition) is 1. The molecular formula is C14H15NO3S. The average Bonchev–Trinajstić information content (AvgIpc) is 2.40. The first kappa shape index (κ1) is 13.6. The molecule has 0 aliphatic heterocycles. The van der Waals surface area contributed by atoms with Gasteiger partial charge in [0.1, 0.15) is 12.5 Å². The summed E-state index contributed by atoms with van der Waals surface area (Å²) in [6.45, 7) is 0.0161. The van der Waals surface area contributed by atoms with E-state index in [-0.39, 0.29) is 17.4 Å². The number of nitrogens with two attached hydrogens (primary N) is 1. The van der Waals surface area contributed by atoms with Crippen molar-refractivity contribution in [3.8, 4) is 5.75 Å². The van der Waals surface area contributed by atoms with Crippen LogP contribution in [0, 0.1) is 0 Å². The molecule has 0 amide bonds. The second-order valence-electron chi connectivity index (χ2n) is 4.03. The molecule has 5 heteroatoms. The molecule has 19 heavy (non-hydrogen) atoms. The predicted molar refractivity (Wildman–Crippen MR) is 73.5 cm³/mol. The Bertz CT molecular complexity index is 639. The topological polar surface area (TPSA) is 69.4 Å².